The van der Waals surface area contributed by atoms with Crippen molar-refractivity contribution in [3.05, 3.63) is 30.1 Å². The highest BCUT2D eigenvalue weighted by Crippen LogP contribution is 2.33. The Hall–Kier alpha value is -2.90. The minimum atomic E-state index is -0.751. The summed E-state index contributed by atoms with van der Waals surface area (Å²) in [5, 5.41) is 5.96. The quantitative estimate of drug-likeness (QED) is 0.591. The van der Waals surface area contributed by atoms with Crippen LogP contribution in [-0.2, 0) is 9.59 Å². The van der Waals surface area contributed by atoms with E-state index in [9.17, 15) is 14.4 Å². The number of aromatic amines is 1. The lowest BCUT2D eigenvalue weighted by Gasteiger charge is -2.30. The summed E-state index contributed by atoms with van der Waals surface area (Å²) in [7, 11) is 0. The first kappa shape index (κ1) is 21.3. The maximum atomic E-state index is 12.9. The van der Waals surface area contributed by atoms with E-state index < -0.39 is 5.54 Å². The number of hydrogen-bond donors (Lipinski definition) is 3. The van der Waals surface area contributed by atoms with Gasteiger partial charge < -0.3 is 15.6 Å². The second kappa shape index (κ2) is 8.69. The fourth-order valence-corrected chi connectivity index (χ4v) is 4.67. The number of H-pyrrole nitrogens is 1. The third-order valence-electron chi connectivity index (χ3n) is 6.75. The van der Waals surface area contributed by atoms with Gasteiger partial charge >= 0.3 is 6.03 Å². The van der Waals surface area contributed by atoms with E-state index in [0.717, 1.165) is 42.5 Å². The minimum absolute atomic E-state index is 0.0718. The Balaban J connectivity index is 1.41. The topological polar surface area (TPSA) is 107 Å². The summed E-state index contributed by atoms with van der Waals surface area (Å²) in [5.41, 5.74) is 1.04. The standard InChI is InChI=1S/C23H31N5O3/c1-3-15(2)19(20-24-16-9-5-6-10-17(16)25-20)26-18(29)11-14-28-21(30)23(27-22(28)31)12-7-4-8-13-23/h5-6,9-10,15,19H,3-4,7-8,11-14H2,1-2H3,(H,24,25)(H,26,29)(H,27,31)/t15-,19+/m1/s1. The van der Waals surface area contributed by atoms with Gasteiger partial charge in [0.1, 0.15) is 11.4 Å². The Morgan fingerprint density at radius 3 is 2.68 bits per heavy atom. The molecular formula is C23H31N5O3. The number of carbonyl (C=O) groups is 3. The van der Waals surface area contributed by atoms with Crippen molar-refractivity contribution >= 4 is 28.9 Å². The minimum Gasteiger partial charge on any atom is -0.346 e. The molecule has 2 aliphatic rings. The van der Waals surface area contributed by atoms with Crippen LogP contribution in [0.1, 0.15) is 70.7 Å². The zero-order valence-electron chi connectivity index (χ0n) is 18.2. The molecule has 8 nitrogen and oxygen atoms in total. The highest BCUT2D eigenvalue weighted by molar-refractivity contribution is 6.07. The third kappa shape index (κ3) is 4.16. The molecule has 1 aromatic heterocycles. The zero-order valence-corrected chi connectivity index (χ0v) is 18.2. The Labute approximate surface area is 182 Å². The highest BCUT2D eigenvalue weighted by atomic mass is 16.2. The van der Waals surface area contributed by atoms with Gasteiger partial charge in [-0.25, -0.2) is 9.78 Å². The SMILES string of the molecule is CC[C@@H](C)[C@H](NC(=O)CCN1C(=O)NC2(CCCCC2)C1=O)c1nc2ccccc2[nH]1. The monoisotopic (exact) mass is 425 g/mol. The van der Waals surface area contributed by atoms with Gasteiger partial charge in [-0.15, -0.1) is 0 Å². The van der Waals surface area contributed by atoms with Gasteiger partial charge in [-0.05, 0) is 30.9 Å². The lowest BCUT2D eigenvalue weighted by molar-refractivity contribution is -0.132. The molecule has 8 heteroatoms. The molecular weight excluding hydrogens is 394 g/mol. The first-order valence-electron chi connectivity index (χ1n) is 11.3. The molecule has 1 aliphatic heterocycles. The van der Waals surface area contributed by atoms with Crippen molar-refractivity contribution in [1.29, 1.82) is 0 Å². The van der Waals surface area contributed by atoms with Crippen molar-refractivity contribution in [2.75, 3.05) is 6.54 Å². The summed E-state index contributed by atoms with van der Waals surface area (Å²) in [4.78, 5) is 47.3. The number of urea groups is 1. The largest absolute Gasteiger partial charge is 0.346 e. The van der Waals surface area contributed by atoms with Gasteiger partial charge in [0.2, 0.25) is 5.91 Å². The molecule has 0 unspecified atom stereocenters. The van der Waals surface area contributed by atoms with Crippen molar-refractivity contribution in [3.8, 4) is 0 Å². The predicted molar refractivity (Wildman–Crippen MR) is 117 cm³/mol. The van der Waals surface area contributed by atoms with Crippen LogP contribution in [0, 0.1) is 5.92 Å². The predicted octanol–water partition coefficient (Wildman–Crippen LogP) is 3.41. The van der Waals surface area contributed by atoms with E-state index in [1.807, 2.05) is 24.3 Å². The average Bonchev–Trinajstić information content (AvgIpc) is 3.30. The summed E-state index contributed by atoms with van der Waals surface area (Å²) in [6, 6.07) is 7.12. The number of para-hydroxylation sites is 2. The molecule has 2 atom stereocenters. The van der Waals surface area contributed by atoms with Crippen molar-refractivity contribution in [1.82, 2.24) is 25.5 Å². The summed E-state index contributed by atoms with van der Waals surface area (Å²) in [5.74, 6) is 0.517. The van der Waals surface area contributed by atoms with Crippen LogP contribution in [0.15, 0.2) is 24.3 Å². The van der Waals surface area contributed by atoms with Crippen LogP contribution in [0.5, 0.6) is 0 Å². The van der Waals surface area contributed by atoms with Gasteiger partial charge in [0.15, 0.2) is 0 Å². The number of rotatable bonds is 7. The van der Waals surface area contributed by atoms with Gasteiger partial charge in [-0.1, -0.05) is 51.7 Å². The number of benzene rings is 1. The normalized spacial score (nSPS) is 20.1. The van der Waals surface area contributed by atoms with E-state index in [1.165, 1.54) is 4.90 Å². The van der Waals surface area contributed by atoms with Crippen LogP contribution in [0.4, 0.5) is 4.79 Å². The molecule has 2 fully saturated rings. The Kier molecular flexibility index (Phi) is 5.98. The molecule has 0 radical (unpaired) electrons. The molecule has 1 spiro atoms. The Morgan fingerprint density at radius 1 is 1.23 bits per heavy atom. The smallest absolute Gasteiger partial charge is 0.325 e. The number of imide groups is 1. The van der Waals surface area contributed by atoms with Crippen molar-refractivity contribution < 1.29 is 14.4 Å². The number of hydrogen-bond acceptors (Lipinski definition) is 4. The summed E-state index contributed by atoms with van der Waals surface area (Å²) < 4.78 is 0. The molecule has 0 bridgehead atoms. The summed E-state index contributed by atoms with van der Waals surface area (Å²) in [6.45, 7) is 4.23. The van der Waals surface area contributed by atoms with Crippen LogP contribution < -0.4 is 10.6 Å². The van der Waals surface area contributed by atoms with Gasteiger partial charge in [-0.2, -0.15) is 0 Å². The van der Waals surface area contributed by atoms with E-state index in [0.29, 0.717) is 12.8 Å². The zero-order chi connectivity index (χ0) is 22.0. The molecule has 1 aliphatic carbocycles. The van der Waals surface area contributed by atoms with Gasteiger partial charge in [0, 0.05) is 13.0 Å². The number of aromatic nitrogens is 2. The molecule has 4 rings (SSSR count). The molecule has 2 heterocycles. The third-order valence-corrected chi connectivity index (χ3v) is 6.75. The lowest BCUT2D eigenvalue weighted by Crippen LogP contribution is -2.48. The Bertz CT molecular complexity index is 946. The van der Waals surface area contributed by atoms with E-state index >= 15 is 0 Å². The number of amides is 4. The fraction of sp³-hybridized carbons (Fsp3) is 0.565. The first-order chi connectivity index (χ1) is 14.9. The second-order valence-electron chi connectivity index (χ2n) is 8.85. The maximum Gasteiger partial charge on any atom is 0.325 e. The number of nitrogens with one attached hydrogen (secondary N) is 3. The number of fused-ring (bicyclic) bond motifs is 1. The van der Waals surface area contributed by atoms with E-state index in [2.05, 4.69) is 34.4 Å². The molecule has 31 heavy (non-hydrogen) atoms. The lowest BCUT2D eigenvalue weighted by atomic mass is 9.82. The highest BCUT2D eigenvalue weighted by Gasteiger charge is 2.51. The molecule has 166 valence electrons. The number of imidazole rings is 1. The van der Waals surface area contributed by atoms with Crippen molar-refractivity contribution in [2.24, 2.45) is 5.92 Å². The van der Waals surface area contributed by atoms with Crippen LogP contribution in [0.25, 0.3) is 11.0 Å². The van der Waals surface area contributed by atoms with Crippen LogP contribution in [-0.4, -0.2) is 44.8 Å². The summed E-state index contributed by atoms with van der Waals surface area (Å²) in [6.07, 6.45) is 5.28. The van der Waals surface area contributed by atoms with Crippen LogP contribution in [0.2, 0.25) is 0 Å². The van der Waals surface area contributed by atoms with E-state index in [-0.39, 0.29) is 42.8 Å². The number of nitrogens with zero attached hydrogens (tertiary/aromatic N) is 2. The second-order valence-corrected chi connectivity index (χ2v) is 8.85. The molecule has 4 amide bonds. The fourth-order valence-electron chi connectivity index (χ4n) is 4.67. The van der Waals surface area contributed by atoms with Gasteiger partial charge in [0.25, 0.3) is 5.91 Å². The van der Waals surface area contributed by atoms with Crippen LogP contribution in [0.3, 0.4) is 0 Å². The molecule has 1 aromatic carbocycles. The van der Waals surface area contributed by atoms with Gasteiger partial charge in [-0.3, -0.25) is 14.5 Å². The van der Waals surface area contributed by atoms with Gasteiger partial charge in [0.05, 0.1) is 17.1 Å². The van der Waals surface area contributed by atoms with Crippen molar-refractivity contribution in [3.63, 3.8) is 0 Å². The van der Waals surface area contributed by atoms with E-state index in [1.54, 1.807) is 0 Å². The van der Waals surface area contributed by atoms with E-state index in [4.69, 9.17) is 0 Å². The number of carbonyl (C=O) groups excluding carboxylic acids is 3. The molecule has 3 N–H and O–H groups in total. The maximum absolute atomic E-state index is 12.9. The molecule has 1 saturated heterocycles. The summed E-state index contributed by atoms with van der Waals surface area (Å²) >= 11 is 0. The van der Waals surface area contributed by atoms with Crippen LogP contribution >= 0.6 is 0 Å². The molecule has 2 aromatic rings. The first-order valence-corrected chi connectivity index (χ1v) is 11.3. The molecule has 1 saturated carbocycles. The van der Waals surface area contributed by atoms with Crippen molar-refractivity contribution in [2.45, 2.75) is 70.4 Å². The average molecular weight is 426 g/mol. The Morgan fingerprint density at radius 2 is 1.97 bits per heavy atom.